The highest BCUT2D eigenvalue weighted by Gasteiger charge is 2.13. The van der Waals surface area contributed by atoms with Crippen molar-refractivity contribution in [2.45, 2.75) is 0 Å². The third kappa shape index (κ3) is 3.55. The molecular weight excluding hydrogens is 370 g/mol. The van der Waals surface area contributed by atoms with Gasteiger partial charge in [0.15, 0.2) is 5.65 Å². The number of anilines is 2. The molecule has 0 aliphatic carbocycles. The standard InChI is InChI=1S/C21H19N5O3/c1-22-20(28)14-9-10-16(18(12-14)29-2)23-21-24-19-8-4-7-17(26(19)25-21)13-5-3-6-15(27)11-13/h3-12,27H,1-2H3,(H,22,28)(H,23,25). The van der Waals surface area contributed by atoms with E-state index in [1.807, 2.05) is 24.3 Å². The van der Waals surface area contributed by atoms with Crippen molar-refractivity contribution >= 4 is 23.2 Å². The number of hydrogen-bond donors (Lipinski definition) is 3. The molecule has 0 radical (unpaired) electrons. The number of amides is 1. The average Bonchev–Trinajstić information content (AvgIpc) is 3.16. The van der Waals surface area contributed by atoms with Gasteiger partial charge >= 0.3 is 0 Å². The van der Waals surface area contributed by atoms with Crippen molar-refractivity contribution in [1.29, 1.82) is 0 Å². The summed E-state index contributed by atoms with van der Waals surface area (Å²) in [4.78, 5) is 16.3. The van der Waals surface area contributed by atoms with Crippen LogP contribution in [0.3, 0.4) is 0 Å². The molecule has 3 N–H and O–H groups in total. The smallest absolute Gasteiger partial charge is 0.251 e. The molecule has 2 aromatic heterocycles. The molecule has 0 saturated heterocycles. The summed E-state index contributed by atoms with van der Waals surface area (Å²) in [6.07, 6.45) is 0. The minimum absolute atomic E-state index is 0.180. The van der Waals surface area contributed by atoms with E-state index in [2.05, 4.69) is 20.7 Å². The number of carbonyl (C=O) groups is 1. The van der Waals surface area contributed by atoms with Crippen LogP contribution in [0.15, 0.2) is 60.7 Å². The molecule has 0 atom stereocenters. The van der Waals surface area contributed by atoms with Gasteiger partial charge in [-0.15, -0.1) is 5.10 Å². The molecule has 0 fully saturated rings. The number of phenolic OH excluding ortho intramolecular Hbond substituents is 1. The molecule has 2 heterocycles. The molecule has 8 heteroatoms. The van der Waals surface area contributed by atoms with Gasteiger partial charge in [0, 0.05) is 18.2 Å². The summed E-state index contributed by atoms with van der Waals surface area (Å²) in [5, 5.41) is 20.0. The number of aromatic hydroxyl groups is 1. The van der Waals surface area contributed by atoms with E-state index in [1.54, 1.807) is 48.0 Å². The van der Waals surface area contributed by atoms with Crippen LogP contribution in [0.25, 0.3) is 16.9 Å². The lowest BCUT2D eigenvalue weighted by Crippen LogP contribution is -2.17. The molecule has 4 aromatic rings. The van der Waals surface area contributed by atoms with Crippen LogP contribution in [0.5, 0.6) is 11.5 Å². The number of aromatic nitrogens is 3. The van der Waals surface area contributed by atoms with Gasteiger partial charge < -0.3 is 20.5 Å². The largest absolute Gasteiger partial charge is 0.508 e. The van der Waals surface area contributed by atoms with E-state index < -0.39 is 0 Å². The normalized spacial score (nSPS) is 10.7. The number of ether oxygens (including phenoxy) is 1. The van der Waals surface area contributed by atoms with E-state index in [9.17, 15) is 9.90 Å². The lowest BCUT2D eigenvalue weighted by Gasteiger charge is -2.10. The number of benzene rings is 2. The molecule has 29 heavy (non-hydrogen) atoms. The van der Waals surface area contributed by atoms with Crippen molar-refractivity contribution < 1.29 is 14.6 Å². The fourth-order valence-electron chi connectivity index (χ4n) is 3.04. The molecule has 0 bridgehead atoms. The second kappa shape index (κ2) is 7.51. The molecular formula is C21H19N5O3. The van der Waals surface area contributed by atoms with Crippen LogP contribution in [0.4, 0.5) is 11.6 Å². The molecule has 0 unspecified atom stereocenters. The van der Waals surface area contributed by atoms with Gasteiger partial charge in [-0.1, -0.05) is 18.2 Å². The molecule has 0 aliphatic heterocycles. The summed E-state index contributed by atoms with van der Waals surface area (Å²) in [5.74, 6) is 0.858. The van der Waals surface area contributed by atoms with Crippen molar-refractivity contribution in [2.75, 3.05) is 19.5 Å². The Bertz CT molecular complexity index is 1200. The van der Waals surface area contributed by atoms with Gasteiger partial charge in [-0.3, -0.25) is 4.79 Å². The maximum Gasteiger partial charge on any atom is 0.251 e. The summed E-state index contributed by atoms with van der Waals surface area (Å²) in [5.41, 5.74) is 3.38. The van der Waals surface area contributed by atoms with E-state index in [0.717, 1.165) is 11.3 Å². The first-order valence-electron chi connectivity index (χ1n) is 8.91. The number of carbonyl (C=O) groups excluding carboxylic acids is 1. The monoisotopic (exact) mass is 389 g/mol. The van der Waals surface area contributed by atoms with Crippen LogP contribution in [0, 0.1) is 0 Å². The summed E-state index contributed by atoms with van der Waals surface area (Å²) in [6, 6.07) is 17.7. The second-order valence-electron chi connectivity index (χ2n) is 6.29. The van der Waals surface area contributed by atoms with E-state index in [4.69, 9.17) is 4.74 Å². The topological polar surface area (TPSA) is 101 Å². The van der Waals surface area contributed by atoms with Crippen LogP contribution in [0.2, 0.25) is 0 Å². The summed E-state index contributed by atoms with van der Waals surface area (Å²) >= 11 is 0. The Labute approximate surface area is 166 Å². The lowest BCUT2D eigenvalue weighted by atomic mass is 10.1. The molecule has 2 aromatic carbocycles. The molecule has 4 rings (SSSR count). The quantitative estimate of drug-likeness (QED) is 0.485. The minimum Gasteiger partial charge on any atom is -0.508 e. The Morgan fingerprint density at radius 2 is 1.93 bits per heavy atom. The summed E-state index contributed by atoms with van der Waals surface area (Å²) in [7, 11) is 3.11. The van der Waals surface area contributed by atoms with Crippen LogP contribution in [0.1, 0.15) is 10.4 Å². The van der Waals surface area contributed by atoms with Crippen LogP contribution < -0.4 is 15.4 Å². The summed E-state index contributed by atoms with van der Waals surface area (Å²) in [6.45, 7) is 0. The maximum absolute atomic E-state index is 11.8. The van der Waals surface area contributed by atoms with Crippen molar-refractivity contribution in [3.8, 4) is 22.8 Å². The van der Waals surface area contributed by atoms with Crippen LogP contribution in [-0.2, 0) is 0 Å². The number of hydrogen-bond acceptors (Lipinski definition) is 6. The zero-order valence-electron chi connectivity index (χ0n) is 15.9. The zero-order chi connectivity index (χ0) is 20.4. The van der Waals surface area contributed by atoms with Crippen molar-refractivity contribution in [1.82, 2.24) is 19.9 Å². The zero-order valence-corrected chi connectivity index (χ0v) is 15.9. The van der Waals surface area contributed by atoms with E-state index in [-0.39, 0.29) is 11.7 Å². The first kappa shape index (κ1) is 18.3. The third-order valence-corrected chi connectivity index (χ3v) is 4.44. The van der Waals surface area contributed by atoms with Crippen LogP contribution >= 0.6 is 0 Å². The maximum atomic E-state index is 11.8. The van der Waals surface area contributed by atoms with E-state index >= 15 is 0 Å². The molecule has 0 spiro atoms. The van der Waals surface area contributed by atoms with Gasteiger partial charge in [-0.05, 0) is 42.5 Å². The lowest BCUT2D eigenvalue weighted by molar-refractivity contribution is 0.0963. The number of rotatable bonds is 5. The predicted molar refractivity (Wildman–Crippen MR) is 110 cm³/mol. The Balaban J connectivity index is 1.71. The average molecular weight is 389 g/mol. The highest BCUT2D eigenvalue weighted by Crippen LogP contribution is 2.29. The van der Waals surface area contributed by atoms with Gasteiger partial charge in [0.1, 0.15) is 11.5 Å². The third-order valence-electron chi connectivity index (χ3n) is 4.44. The molecule has 1 amide bonds. The highest BCUT2D eigenvalue weighted by molar-refractivity contribution is 5.95. The van der Waals surface area contributed by atoms with Gasteiger partial charge in [-0.25, -0.2) is 4.52 Å². The Kier molecular flexibility index (Phi) is 4.74. The first-order valence-corrected chi connectivity index (χ1v) is 8.91. The number of fused-ring (bicyclic) bond motifs is 1. The fraction of sp³-hybridized carbons (Fsp3) is 0.0952. The number of phenols is 1. The van der Waals surface area contributed by atoms with Gasteiger partial charge in [-0.2, -0.15) is 4.98 Å². The Hall–Kier alpha value is -4.07. The molecule has 0 aliphatic rings. The number of pyridine rings is 1. The van der Waals surface area contributed by atoms with E-state index in [0.29, 0.717) is 28.6 Å². The molecule has 8 nitrogen and oxygen atoms in total. The molecule has 146 valence electrons. The van der Waals surface area contributed by atoms with Gasteiger partial charge in [0.25, 0.3) is 5.91 Å². The highest BCUT2D eigenvalue weighted by atomic mass is 16.5. The Morgan fingerprint density at radius 1 is 1.10 bits per heavy atom. The van der Waals surface area contributed by atoms with Gasteiger partial charge in [0.05, 0.1) is 18.5 Å². The first-order chi connectivity index (χ1) is 14.1. The second-order valence-corrected chi connectivity index (χ2v) is 6.29. The number of nitrogens with zero attached hydrogens (tertiary/aromatic N) is 3. The van der Waals surface area contributed by atoms with Crippen molar-refractivity contribution in [3.63, 3.8) is 0 Å². The predicted octanol–water partition coefficient (Wildman–Crippen LogP) is 3.21. The van der Waals surface area contributed by atoms with Crippen molar-refractivity contribution in [3.05, 3.63) is 66.2 Å². The van der Waals surface area contributed by atoms with Crippen LogP contribution in [-0.4, -0.2) is 39.8 Å². The molecule has 0 saturated carbocycles. The number of methoxy groups -OCH3 is 1. The van der Waals surface area contributed by atoms with Gasteiger partial charge in [0.2, 0.25) is 5.95 Å². The van der Waals surface area contributed by atoms with Crippen molar-refractivity contribution in [2.24, 2.45) is 0 Å². The minimum atomic E-state index is -0.198. The SMILES string of the molecule is CNC(=O)c1ccc(Nc2nc3cccc(-c4cccc(O)c4)n3n2)c(OC)c1. The summed E-state index contributed by atoms with van der Waals surface area (Å²) < 4.78 is 7.10. The fourth-order valence-corrected chi connectivity index (χ4v) is 3.04. The number of nitrogens with one attached hydrogen (secondary N) is 2. The van der Waals surface area contributed by atoms with E-state index in [1.165, 1.54) is 7.11 Å². The Morgan fingerprint density at radius 3 is 2.69 bits per heavy atom.